The Hall–Kier alpha value is -0.870. The minimum Gasteiger partial charge on any atom is -0.384 e. The van der Waals surface area contributed by atoms with Gasteiger partial charge in [-0.05, 0) is 18.4 Å². The molecule has 0 radical (unpaired) electrons. The number of thiophene rings is 1. The predicted molar refractivity (Wildman–Crippen MR) is 62.0 cm³/mol. The summed E-state index contributed by atoms with van der Waals surface area (Å²) in [5.74, 6) is -0.320. The van der Waals surface area contributed by atoms with Gasteiger partial charge in [0.2, 0.25) is 5.91 Å². The van der Waals surface area contributed by atoms with E-state index in [4.69, 9.17) is 5.11 Å². The summed E-state index contributed by atoms with van der Waals surface area (Å²) in [6.45, 7) is 6.15. The Morgan fingerprint density at radius 1 is 1.67 bits per heavy atom. The van der Waals surface area contributed by atoms with Crippen LogP contribution in [0, 0.1) is 0 Å². The van der Waals surface area contributed by atoms with E-state index in [-0.39, 0.29) is 11.3 Å². The first kappa shape index (κ1) is 12.2. The standard InChI is InChI=1S/C11H17NO2S/c1-8(13)10(14)12-7-11(2,3)9-5-4-6-15-9/h4-6,8,13H,7H2,1-3H3,(H,12,14). The fraction of sp³-hybridized carbons (Fsp3) is 0.545. The second-order valence-electron chi connectivity index (χ2n) is 4.25. The molecule has 0 aliphatic carbocycles. The van der Waals surface area contributed by atoms with E-state index in [1.165, 1.54) is 11.8 Å². The van der Waals surface area contributed by atoms with Crippen LogP contribution in [0.3, 0.4) is 0 Å². The summed E-state index contributed by atoms with van der Waals surface area (Å²) in [6, 6.07) is 4.05. The fourth-order valence-electron chi connectivity index (χ4n) is 1.21. The number of aliphatic hydroxyl groups is 1. The Bertz CT molecular complexity index is 317. The van der Waals surface area contributed by atoms with Crippen molar-refractivity contribution in [2.45, 2.75) is 32.3 Å². The lowest BCUT2D eigenvalue weighted by molar-refractivity contribution is -0.128. The van der Waals surface area contributed by atoms with E-state index in [0.29, 0.717) is 6.54 Å². The van der Waals surface area contributed by atoms with Gasteiger partial charge in [-0.3, -0.25) is 4.79 Å². The lowest BCUT2D eigenvalue weighted by Gasteiger charge is -2.24. The smallest absolute Gasteiger partial charge is 0.248 e. The second-order valence-corrected chi connectivity index (χ2v) is 5.20. The van der Waals surface area contributed by atoms with Crippen LogP contribution in [0.4, 0.5) is 0 Å². The van der Waals surface area contributed by atoms with E-state index in [9.17, 15) is 4.79 Å². The Labute approximate surface area is 94.1 Å². The minimum atomic E-state index is -0.941. The molecule has 0 spiro atoms. The third-order valence-corrected chi connectivity index (χ3v) is 3.51. The van der Waals surface area contributed by atoms with E-state index in [1.54, 1.807) is 11.3 Å². The highest BCUT2D eigenvalue weighted by atomic mass is 32.1. The van der Waals surface area contributed by atoms with Crippen LogP contribution in [0.25, 0.3) is 0 Å². The molecule has 1 unspecified atom stereocenters. The summed E-state index contributed by atoms with van der Waals surface area (Å²) in [5, 5.41) is 13.8. The molecule has 1 amide bonds. The van der Waals surface area contributed by atoms with Gasteiger partial charge in [-0.1, -0.05) is 19.9 Å². The molecule has 15 heavy (non-hydrogen) atoms. The predicted octanol–water partition coefficient (Wildman–Crippen LogP) is 1.52. The van der Waals surface area contributed by atoms with Crippen molar-refractivity contribution < 1.29 is 9.90 Å². The van der Waals surface area contributed by atoms with Crippen molar-refractivity contribution in [3.63, 3.8) is 0 Å². The number of carbonyl (C=O) groups excluding carboxylic acids is 1. The van der Waals surface area contributed by atoms with Crippen LogP contribution in [0.15, 0.2) is 17.5 Å². The van der Waals surface area contributed by atoms with E-state index in [2.05, 4.69) is 25.2 Å². The monoisotopic (exact) mass is 227 g/mol. The molecule has 0 aromatic carbocycles. The van der Waals surface area contributed by atoms with Crippen molar-refractivity contribution in [2.75, 3.05) is 6.54 Å². The molecule has 0 aliphatic heterocycles. The van der Waals surface area contributed by atoms with E-state index in [0.717, 1.165) is 0 Å². The van der Waals surface area contributed by atoms with Gasteiger partial charge in [0.15, 0.2) is 0 Å². The summed E-state index contributed by atoms with van der Waals surface area (Å²) in [4.78, 5) is 12.4. The maximum Gasteiger partial charge on any atom is 0.248 e. The number of hydrogen-bond donors (Lipinski definition) is 2. The van der Waals surface area contributed by atoms with Gasteiger partial charge in [-0.15, -0.1) is 11.3 Å². The minimum absolute atomic E-state index is 0.0846. The van der Waals surface area contributed by atoms with Gasteiger partial charge in [0.05, 0.1) is 0 Å². The van der Waals surface area contributed by atoms with Gasteiger partial charge in [0, 0.05) is 16.8 Å². The molecule has 4 heteroatoms. The molecular formula is C11H17NO2S. The van der Waals surface area contributed by atoms with Gasteiger partial charge < -0.3 is 10.4 Å². The van der Waals surface area contributed by atoms with Crippen LogP contribution in [0.2, 0.25) is 0 Å². The van der Waals surface area contributed by atoms with E-state index < -0.39 is 6.10 Å². The highest BCUT2D eigenvalue weighted by Crippen LogP contribution is 2.26. The summed E-state index contributed by atoms with van der Waals surface area (Å²) < 4.78 is 0. The number of amides is 1. The quantitative estimate of drug-likeness (QED) is 0.819. The first-order valence-electron chi connectivity index (χ1n) is 4.93. The van der Waals surface area contributed by atoms with Gasteiger partial charge in [0.25, 0.3) is 0 Å². The van der Waals surface area contributed by atoms with Crippen molar-refractivity contribution in [3.8, 4) is 0 Å². The Kier molecular flexibility index (Phi) is 3.88. The third-order valence-electron chi connectivity index (χ3n) is 2.27. The third kappa shape index (κ3) is 3.32. The zero-order valence-electron chi connectivity index (χ0n) is 9.28. The van der Waals surface area contributed by atoms with Crippen LogP contribution in [-0.2, 0) is 10.2 Å². The molecule has 0 saturated carbocycles. The van der Waals surface area contributed by atoms with Crippen LogP contribution < -0.4 is 5.32 Å². The molecule has 0 aliphatic rings. The van der Waals surface area contributed by atoms with E-state index in [1.807, 2.05) is 11.4 Å². The molecule has 1 atom stereocenters. The van der Waals surface area contributed by atoms with Gasteiger partial charge in [-0.2, -0.15) is 0 Å². The number of carbonyl (C=O) groups is 1. The molecule has 2 N–H and O–H groups in total. The SMILES string of the molecule is CC(O)C(=O)NCC(C)(C)c1cccs1. The van der Waals surface area contributed by atoms with Crippen molar-refractivity contribution in [2.24, 2.45) is 0 Å². The molecule has 1 rings (SSSR count). The zero-order chi connectivity index (χ0) is 11.5. The maximum absolute atomic E-state index is 11.2. The van der Waals surface area contributed by atoms with E-state index >= 15 is 0 Å². The van der Waals surface area contributed by atoms with Crippen LogP contribution >= 0.6 is 11.3 Å². The Morgan fingerprint density at radius 2 is 2.33 bits per heavy atom. The molecule has 0 bridgehead atoms. The molecule has 0 fully saturated rings. The van der Waals surface area contributed by atoms with Crippen LogP contribution in [0.5, 0.6) is 0 Å². The van der Waals surface area contributed by atoms with Crippen molar-refractivity contribution in [1.82, 2.24) is 5.32 Å². The lowest BCUT2D eigenvalue weighted by Crippen LogP contribution is -2.40. The number of aliphatic hydroxyl groups excluding tert-OH is 1. The van der Waals surface area contributed by atoms with Crippen molar-refractivity contribution in [3.05, 3.63) is 22.4 Å². The number of hydrogen-bond acceptors (Lipinski definition) is 3. The first-order valence-corrected chi connectivity index (χ1v) is 5.81. The maximum atomic E-state index is 11.2. The van der Waals surface area contributed by atoms with Crippen LogP contribution in [0.1, 0.15) is 25.6 Å². The average molecular weight is 227 g/mol. The second kappa shape index (κ2) is 4.77. The lowest BCUT2D eigenvalue weighted by atomic mass is 9.91. The van der Waals surface area contributed by atoms with Gasteiger partial charge >= 0.3 is 0 Å². The number of nitrogens with one attached hydrogen (secondary N) is 1. The molecular weight excluding hydrogens is 210 g/mol. The molecule has 1 heterocycles. The fourth-order valence-corrected chi connectivity index (χ4v) is 2.06. The molecule has 3 nitrogen and oxygen atoms in total. The van der Waals surface area contributed by atoms with Gasteiger partial charge in [-0.25, -0.2) is 0 Å². The molecule has 1 aromatic heterocycles. The summed E-state index contributed by atoms with van der Waals surface area (Å²) in [7, 11) is 0. The summed E-state index contributed by atoms with van der Waals surface area (Å²) >= 11 is 1.68. The normalized spacial score (nSPS) is 13.6. The average Bonchev–Trinajstić information content (AvgIpc) is 2.67. The Morgan fingerprint density at radius 3 is 2.80 bits per heavy atom. The molecule has 0 saturated heterocycles. The highest BCUT2D eigenvalue weighted by molar-refractivity contribution is 7.10. The molecule has 1 aromatic rings. The van der Waals surface area contributed by atoms with Crippen molar-refractivity contribution >= 4 is 17.2 Å². The zero-order valence-corrected chi connectivity index (χ0v) is 10.1. The Balaban J connectivity index is 2.54. The first-order chi connectivity index (χ1) is 6.93. The highest BCUT2D eigenvalue weighted by Gasteiger charge is 2.23. The largest absolute Gasteiger partial charge is 0.384 e. The van der Waals surface area contributed by atoms with Gasteiger partial charge in [0.1, 0.15) is 6.10 Å². The summed E-state index contributed by atoms with van der Waals surface area (Å²) in [6.07, 6.45) is -0.941. The van der Waals surface area contributed by atoms with Crippen LogP contribution in [-0.4, -0.2) is 23.7 Å². The molecule has 84 valence electrons. The summed E-state index contributed by atoms with van der Waals surface area (Å²) in [5.41, 5.74) is -0.0846. The number of rotatable bonds is 4. The van der Waals surface area contributed by atoms with Crippen molar-refractivity contribution in [1.29, 1.82) is 0 Å². The topological polar surface area (TPSA) is 49.3 Å².